The Morgan fingerprint density at radius 2 is 2.00 bits per heavy atom. The lowest BCUT2D eigenvalue weighted by Gasteiger charge is -2.06. The van der Waals surface area contributed by atoms with Crippen LogP contribution in [0.2, 0.25) is 0 Å². The van der Waals surface area contributed by atoms with Crippen LogP contribution in [0.25, 0.3) is 0 Å². The molecule has 2 N–H and O–H groups in total. The van der Waals surface area contributed by atoms with Crippen molar-refractivity contribution in [2.45, 2.75) is 25.5 Å². The summed E-state index contributed by atoms with van der Waals surface area (Å²) >= 11 is 2.28. The normalized spacial score (nSPS) is 23.2. The first-order valence-electron chi connectivity index (χ1n) is 7.58. The third kappa shape index (κ3) is 4.29. The largest absolute Gasteiger partial charge is 0.303 e. The summed E-state index contributed by atoms with van der Waals surface area (Å²) < 4.78 is 0. The quantitative estimate of drug-likeness (QED) is 0.620. The van der Waals surface area contributed by atoms with Crippen LogP contribution in [-0.2, 0) is 4.79 Å². The monoisotopic (exact) mass is 376 g/mol. The van der Waals surface area contributed by atoms with E-state index < -0.39 is 5.25 Å². The molecule has 2 heterocycles. The number of aryl methyl sites for hydroxylation is 2. The summed E-state index contributed by atoms with van der Waals surface area (Å²) in [6.45, 7) is 3.94. The van der Waals surface area contributed by atoms with E-state index in [-0.39, 0.29) is 23.4 Å². The number of ketones is 1. The Morgan fingerprint density at radius 1 is 1.20 bits per heavy atom. The summed E-state index contributed by atoms with van der Waals surface area (Å²) in [7, 11) is 0. The van der Waals surface area contributed by atoms with Gasteiger partial charge in [0.25, 0.3) is 5.24 Å². The molecule has 0 radical (unpaired) electrons. The first-order chi connectivity index (χ1) is 11.9. The molecular weight excluding hydrogens is 360 g/mol. The van der Waals surface area contributed by atoms with Crippen molar-refractivity contribution in [3.05, 3.63) is 34.9 Å². The van der Waals surface area contributed by atoms with Gasteiger partial charge in [0.2, 0.25) is 5.91 Å². The molecule has 2 aliphatic rings. The van der Waals surface area contributed by atoms with E-state index in [2.05, 4.69) is 20.8 Å². The molecule has 2 aliphatic heterocycles. The molecule has 1 aromatic carbocycles. The highest BCUT2D eigenvalue weighted by atomic mass is 32.2. The number of carbonyl (C=O) groups is 3. The average molecular weight is 376 g/mol. The van der Waals surface area contributed by atoms with Gasteiger partial charge < -0.3 is 10.6 Å². The highest BCUT2D eigenvalue weighted by Crippen LogP contribution is 2.24. The minimum atomic E-state index is -0.527. The molecule has 0 aromatic heterocycles. The van der Waals surface area contributed by atoms with Gasteiger partial charge in [-0.2, -0.15) is 0 Å². The summed E-state index contributed by atoms with van der Waals surface area (Å²) in [5.74, 6) is 0.545. The Kier molecular flexibility index (Phi) is 5.24. The van der Waals surface area contributed by atoms with Crippen molar-refractivity contribution in [1.29, 1.82) is 0 Å². The highest BCUT2D eigenvalue weighted by molar-refractivity contribution is 8.15. The van der Waals surface area contributed by atoms with E-state index in [0.717, 1.165) is 22.9 Å². The molecule has 0 aliphatic carbocycles. The van der Waals surface area contributed by atoms with Gasteiger partial charge in [-0.05, 0) is 31.0 Å². The highest BCUT2D eigenvalue weighted by Gasteiger charge is 2.32. The van der Waals surface area contributed by atoms with E-state index in [0.29, 0.717) is 22.3 Å². The zero-order valence-electron chi connectivity index (χ0n) is 13.7. The molecule has 3 rings (SSSR count). The van der Waals surface area contributed by atoms with Gasteiger partial charge in [-0.25, -0.2) is 0 Å². The number of amides is 2. The molecule has 2 saturated heterocycles. The Morgan fingerprint density at radius 3 is 2.68 bits per heavy atom. The van der Waals surface area contributed by atoms with E-state index in [9.17, 15) is 14.4 Å². The summed E-state index contributed by atoms with van der Waals surface area (Å²) in [6.07, 6.45) is 0.0984. The number of Topliss-reactive ketones (excluding diaryl/α,β-unsaturated/α-hetero) is 1. The molecule has 2 amide bonds. The van der Waals surface area contributed by atoms with Crippen LogP contribution in [0.5, 0.6) is 0 Å². The van der Waals surface area contributed by atoms with Crippen LogP contribution in [0.4, 0.5) is 4.79 Å². The van der Waals surface area contributed by atoms with Crippen molar-refractivity contribution in [2.75, 3.05) is 5.75 Å². The van der Waals surface area contributed by atoms with Gasteiger partial charge in [0.05, 0.1) is 11.0 Å². The molecule has 1 atom stereocenters. The van der Waals surface area contributed by atoms with Gasteiger partial charge in [-0.15, -0.1) is 10.2 Å². The fourth-order valence-electron chi connectivity index (χ4n) is 2.27. The second-order valence-corrected chi connectivity index (χ2v) is 7.81. The molecule has 0 bridgehead atoms. The van der Waals surface area contributed by atoms with Crippen molar-refractivity contribution in [2.24, 2.45) is 10.2 Å². The number of carbonyl (C=O) groups excluding carboxylic acids is 3. The number of hydrogen-bond acceptors (Lipinski definition) is 7. The molecule has 9 heteroatoms. The smallest absolute Gasteiger partial charge is 0.284 e. The lowest BCUT2D eigenvalue weighted by Crippen LogP contribution is -2.26. The minimum Gasteiger partial charge on any atom is -0.303 e. The standard InChI is InChI=1S/C16H16N4O3S2/c1-8-3-4-10(5-9(8)2)11(21)6-12-14(22)18-15(25-12)20-19-13-7-24-16(23)17-13/h3-5,12H,6-7H2,1-2H3,(H,17,19,23)(H,18,20,22). The minimum absolute atomic E-state index is 0.0808. The number of nitrogens with one attached hydrogen (secondary N) is 2. The third-order valence-corrected chi connectivity index (χ3v) is 5.68. The SMILES string of the molecule is Cc1ccc(C(=O)CC2SC(=NN=C3CSC(=O)N3)NC2=O)cc1C. The van der Waals surface area contributed by atoms with E-state index in [1.165, 1.54) is 11.8 Å². The number of hydrogen-bond donors (Lipinski definition) is 2. The van der Waals surface area contributed by atoms with Gasteiger partial charge in [-0.3, -0.25) is 14.4 Å². The van der Waals surface area contributed by atoms with Crippen LogP contribution in [0.15, 0.2) is 28.4 Å². The van der Waals surface area contributed by atoms with E-state index in [1.807, 2.05) is 26.0 Å². The Labute approximate surface area is 153 Å². The molecule has 1 unspecified atom stereocenters. The molecule has 0 spiro atoms. The first-order valence-corrected chi connectivity index (χ1v) is 9.45. The molecule has 2 fully saturated rings. The summed E-state index contributed by atoms with van der Waals surface area (Å²) in [5.41, 5.74) is 2.77. The van der Waals surface area contributed by atoms with Gasteiger partial charge in [0, 0.05) is 12.0 Å². The van der Waals surface area contributed by atoms with Gasteiger partial charge in [0.1, 0.15) is 5.84 Å². The molecule has 1 aromatic rings. The van der Waals surface area contributed by atoms with Gasteiger partial charge in [0.15, 0.2) is 11.0 Å². The lowest BCUT2D eigenvalue weighted by molar-refractivity contribution is -0.118. The van der Waals surface area contributed by atoms with E-state index in [1.54, 1.807) is 6.07 Å². The molecule has 7 nitrogen and oxygen atoms in total. The number of nitrogens with zero attached hydrogens (tertiary/aromatic N) is 2. The number of thioether (sulfide) groups is 2. The number of benzene rings is 1. The maximum absolute atomic E-state index is 12.4. The van der Waals surface area contributed by atoms with Crippen molar-refractivity contribution >= 4 is 51.5 Å². The second kappa shape index (κ2) is 7.40. The van der Waals surface area contributed by atoms with Crippen LogP contribution in [0.1, 0.15) is 27.9 Å². The molecule has 0 saturated carbocycles. The Bertz CT molecular complexity index is 820. The predicted octanol–water partition coefficient (Wildman–Crippen LogP) is 2.23. The van der Waals surface area contributed by atoms with Crippen LogP contribution in [0, 0.1) is 13.8 Å². The van der Waals surface area contributed by atoms with Crippen LogP contribution < -0.4 is 10.6 Å². The number of rotatable bonds is 4. The molecule has 25 heavy (non-hydrogen) atoms. The van der Waals surface area contributed by atoms with E-state index in [4.69, 9.17) is 0 Å². The maximum atomic E-state index is 12.4. The maximum Gasteiger partial charge on any atom is 0.284 e. The third-order valence-electron chi connectivity index (χ3n) is 3.82. The fraction of sp³-hybridized carbons (Fsp3) is 0.312. The van der Waals surface area contributed by atoms with Crippen LogP contribution >= 0.6 is 23.5 Å². The van der Waals surface area contributed by atoms with Crippen LogP contribution in [-0.4, -0.2) is 38.9 Å². The van der Waals surface area contributed by atoms with Crippen molar-refractivity contribution in [1.82, 2.24) is 10.6 Å². The van der Waals surface area contributed by atoms with Gasteiger partial charge in [-0.1, -0.05) is 35.7 Å². The summed E-state index contributed by atoms with van der Waals surface area (Å²) in [6, 6.07) is 5.53. The van der Waals surface area contributed by atoms with E-state index >= 15 is 0 Å². The zero-order valence-corrected chi connectivity index (χ0v) is 15.3. The lowest BCUT2D eigenvalue weighted by atomic mass is 10.0. The van der Waals surface area contributed by atoms with Crippen molar-refractivity contribution in [3.63, 3.8) is 0 Å². The summed E-state index contributed by atoms with van der Waals surface area (Å²) in [4.78, 5) is 35.5. The average Bonchev–Trinajstić information content (AvgIpc) is 3.14. The fourth-order valence-corrected chi connectivity index (χ4v) is 3.78. The predicted molar refractivity (Wildman–Crippen MR) is 100 cm³/mol. The molecule has 130 valence electrons. The summed E-state index contributed by atoms with van der Waals surface area (Å²) in [5, 5.41) is 12.7. The first kappa shape index (κ1) is 17.7. The Balaban J connectivity index is 1.63. The van der Waals surface area contributed by atoms with Gasteiger partial charge >= 0.3 is 0 Å². The van der Waals surface area contributed by atoms with Crippen molar-refractivity contribution < 1.29 is 14.4 Å². The second-order valence-electron chi connectivity index (χ2n) is 5.68. The van der Waals surface area contributed by atoms with Crippen LogP contribution in [0.3, 0.4) is 0 Å². The topological polar surface area (TPSA) is 100.0 Å². The number of amidine groups is 2. The van der Waals surface area contributed by atoms with Crippen molar-refractivity contribution in [3.8, 4) is 0 Å². The Hall–Kier alpha value is -2.13. The molecular formula is C16H16N4O3S2. The zero-order chi connectivity index (χ0) is 18.0.